The standard InChI is InChI=1S/C44H29NO/c1-2-13-34(14-3-1)45(35-25-20-32(21-26-35)38-17-8-12-30-10-4-6-15-37(30)38)36-27-22-33(23-28-36)39-18-9-19-42-43(39)41-29-24-31-11-5-7-16-40(31)44(41)46-42/h1-29H. The topological polar surface area (TPSA) is 16.4 Å². The van der Waals surface area contributed by atoms with Crippen molar-refractivity contribution >= 4 is 60.5 Å². The van der Waals surface area contributed by atoms with Crippen LogP contribution in [0.4, 0.5) is 17.1 Å². The van der Waals surface area contributed by atoms with Crippen LogP contribution < -0.4 is 4.90 Å². The average molecular weight is 588 g/mol. The molecule has 9 rings (SSSR count). The number of anilines is 3. The molecule has 1 heterocycles. The van der Waals surface area contributed by atoms with Crippen LogP contribution in [0.5, 0.6) is 0 Å². The molecular weight excluding hydrogens is 558 g/mol. The maximum atomic E-state index is 6.46. The number of benzene rings is 8. The molecule has 0 fully saturated rings. The van der Waals surface area contributed by atoms with Gasteiger partial charge in [-0.15, -0.1) is 0 Å². The molecule has 9 aromatic rings. The Kier molecular flexibility index (Phi) is 6.17. The van der Waals surface area contributed by atoms with Crippen molar-refractivity contribution in [3.8, 4) is 22.3 Å². The summed E-state index contributed by atoms with van der Waals surface area (Å²) in [6, 6.07) is 62.6. The molecule has 2 nitrogen and oxygen atoms in total. The third kappa shape index (κ3) is 4.35. The lowest BCUT2D eigenvalue weighted by molar-refractivity contribution is 0.673. The Balaban J connectivity index is 1.12. The molecule has 0 aliphatic heterocycles. The van der Waals surface area contributed by atoms with E-state index < -0.39 is 0 Å². The summed E-state index contributed by atoms with van der Waals surface area (Å²) in [5.41, 5.74) is 9.95. The minimum atomic E-state index is 0.908. The van der Waals surface area contributed by atoms with Gasteiger partial charge in [0.1, 0.15) is 11.2 Å². The van der Waals surface area contributed by atoms with Crippen molar-refractivity contribution in [1.29, 1.82) is 0 Å². The minimum Gasteiger partial charge on any atom is -0.455 e. The largest absolute Gasteiger partial charge is 0.455 e. The van der Waals surface area contributed by atoms with Gasteiger partial charge in [0.05, 0.1) is 0 Å². The molecule has 0 bridgehead atoms. The van der Waals surface area contributed by atoms with Gasteiger partial charge in [0.15, 0.2) is 0 Å². The molecule has 216 valence electrons. The van der Waals surface area contributed by atoms with Crippen LogP contribution in [-0.2, 0) is 0 Å². The molecule has 0 saturated heterocycles. The lowest BCUT2D eigenvalue weighted by Gasteiger charge is -2.26. The summed E-state index contributed by atoms with van der Waals surface area (Å²) in [6.45, 7) is 0. The summed E-state index contributed by atoms with van der Waals surface area (Å²) in [7, 11) is 0. The summed E-state index contributed by atoms with van der Waals surface area (Å²) in [5, 5.41) is 7.14. The van der Waals surface area contributed by atoms with Crippen molar-refractivity contribution in [2.24, 2.45) is 0 Å². The molecule has 8 aromatic carbocycles. The van der Waals surface area contributed by atoms with Crippen LogP contribution in [0.3, 0.4) is 0 Å². The van der Waals surface area contributed by atoms with Gasteiger partial charge >= 0.3 is 0 Å². The van der Waals surface area contributed by atoms with Gasteiger partial charge in [0.25, 0.3) is 0 Å². The molecule has 0 unspecified atom stereocenters. The van der Waals surface area contributed by atoms with Gasteiger partial charge in [-0.3, -0.25) is 0 Å². The van der Waals surface area contributed by atoms with Gasteiger partial charge in [-0.1, -0.05) is 127 Å². The molecule has 0 atom stereocenters. The van der Waals surface area contributed by atoms with Crippen LogP contribution >= 0.6 is 0 Å². The first-order valence-corrected chi connectivity index (χ1v) is 15.7. The fourth-order valence-corrected chi connectivity index (χ4v) is 6.88. The number of para-hydroxylation sites is 1. The zero-order chi connectivity index (χ0) is 30.5. The summed E-state index contributed by atoms with van der Waals surface area (Å²) in [4.78, 5) is 2.32. The monoisotopic (exact) mass is 587 g/mol. The SMILES string of the molecule is c1ccc(N(c2ccc(-c3cccc4ccccc34)cc2)c2ccc(-c3cccc4oc5c6ccccc6ccc5c34)cc2)cc1. The van der Waals surface area contributed by atoms with Crippen molar-refractivity contribution in [1.82, 2.24) is 0 Å². The van der Waals surface area contributed by atoms with Crippen LogP contribution in [0.25, 0.3) is 65.7 Å². The highest BCUT2D eigenvalue weighted by Gasteiger charge is 2.17. The number of hydrogen-bond donors (Lipinski definition) is 0. The van der Waals surface area contributed by atoms with Gasteiger partial charge in [0.2, 0.25) is 0 Å². The second-order valence-corrected chi connectivity index (χ2v) is 11.7. The highest BCUT2D eigenvalue weighted by Crippen LogP contribution is 2.41. The molecule has 0 radical (unpaired) electrons. The highest BCUT2D eigenvalue weighted by atomic mass is 16.3. The fourth-order valence-electron chi connectivity index (χ4n) is 6.88. The van der Waals surface area contributed by atoms with E-state index in [9.17, 15) is 0 Å². The molecular formula is C44H29NO. The highest BCUT2D eigenvalue weighted by molar-refractivity contribution is 6.19. The van der Waals surface area contributed by atoms with Crippen molar-refractivity contribution in [3.63, 3.8) is 0 Å². The Morgan fingerprint density at radius 1 is 0.348 bits per heavy atom. The first-order chi connectivity index (χ1) is 22.8. The quantitative estimate of drug-likeness (QED) is 0.199. The Bertz CT molecular complexity index is 2500. The third-order valence-corrected chi connectivity index (χ3v) is 9.06. The normalized spacial score (nSPS) is 11.5. The van der Waals surface area contributed by atoms with E-state index in [1.54, 1.807) is 0 Å². The molecule has 0 N–H and O–H groups in total. The maximum absolute atomic E-state index is 6.46. The van der Waals surface area contributed by atoms with E-state index in [-0.39, 0.29) is 0 Å². The van der Waals surface area contributed by atoms with Crippen LogP contribution in [0.2, 0.25) is 0 Å². The van der Waals surface area contributed by atoms with E-state index in [2.05, 4.69) is 181 Å². The summed E-state index contributed by atoms with van der Waals surface area (Å²) in [6.07, 6.45) is 0. The molecule has 2 heteroatoms. The van der Waals surface area contributed by atoms with E-state index in [0.29, 0.717) is 0 Å². The average Bonchev–Trinajstić information content (AvgIpc) is 3.52. The zero-order valence-electron chi connectivity index (χ0n) is 25.1. The predicted octanol–water partition coefficient (Wildman–Crippen LogP) is 12.7. The van der Waals surface area contributed by atoms with E-state index in [4.69, 9.17) is 4.42 Å². The molecule has 0 aliphatic carbocycles. The van der Waals surface area contributed by atoms with Crippen molar-refractivity contribution in [2.45, 2.75) is 0 Å². The van der Waals surface area contributed by atoms with Crippen molar-refractivity contribution in [2.75, 3.05) is 4.90 Å². The van der Waals surface area contributed by atoms with Crippen molar-refractivity contribution in [3.05, 3.63) is 176 Å². The number of fused-ring (bicyclic) bond motifs is 6. The Morgan fingerprint density at radius 2 is 0.891 bits per heavy atom. The molecule has 0 amide bonds. The Labute approximate surface area is 267 Å². The summed E-state index contributed by atoms with van der Waals surface area (Å²) >= 11 is 0. The van der Waals surface area contributed by atoms with Gasteiger partial charge in [-0.05, 0) is 86.9 Å². The van der Waals surface area contributed by atoms with E-state index in [1.165, 1.54) is 32.8 Å². The van der Waals surface area contributed by atoms with Crippen LogP contribution in [0.15, 0.2) is 180 Å². The number of nitrogens with zero attached hydrogens (tertiary/aromatic N) is 1. The number of rotatable bonds is 5. The minimum absolute atomic E-state index is 0.908. The number of furan rings is 1. The maximum Gasteiger partial charge on any atom is 0.143 e. The first kappa shape index (κ1) is 26.3. The molecule has 0 spiro atoms. The molecule has 46 heavy (non-hydrogen) atoms. The molecule has 0 saturated carbocycles. The van der Waals surface area contributed by atoms with Crippen LogP contribution in [0, 0.1) is 0 Å². The third-order valence-electron chi connectivity index (χ3n) is 9.06. The fraction of sp³-hybridized carbons (Fsp3) is 0. The van der Waals surface area contributed by atoms with Crippen LogP contribution in [-0.4, -0.2) is 0 Å². The second kappa shape index (κ2) is 10.8. The summed E-state index contributed by atoms with van der Waals surface area (Å²) in [5.74, 6) is 0. The van der Waals surface area contributed by atoms with Gasteiger partial charge in [0, 0.05) is 33.2 Å². The second-order valence-electron chi connectivity index (χ2n) is 11.7. The van der Waals surface area contributed by atoms with E-state index >= 15 is 0 Å². The van der Waals surface area contributed by atoms with Gasteiger partial charge in [-0.25, -0.2) is 0 Å². The smallest absolute Gasteiger partial charge is 0.143 e. The lowest BCUT2D eigenvalue weighted by Crippen LogP contribution is -2.09. The number of hydrogen-bond acceptors (Lipinski definition) is 2. The summed E-state index contributed by atoms with van der Waals surface area (Å²) < 4.78 is 6.46. The lowest BCUT2D eigenvalue weighted by atomic mass is 9.97. The van der Waals surface area contributed by atoms with Crippen LogP contribution in [0.1, 0.15) is 0 Å². The first-order valence-electron chi connectivity index (χ1n) is 15.7. The Hall–Kier alpha value is -6.12. The Morgan fingerprint density at radius 3 is 1.63 bits per heavy atom. The zero-order valence-corrected chi connectivity index (χ0v) is 25.1. The van der Waals surface area contributed by atoms with Gasteiger partial charge < -0.3 is 9.32 Å². The predicted molar refractivity (Wildman–Crippen MR) is 194 cm³/mol. The van der Waals surface area contributed by atoms with E-state index in [1.807, 2.05) is 0 Å². The molecule has 0 aliphatic rings. The van der Waals surface area contributed by atoms with E-state index in [0.717, 1.165) is 50.0 Å². The van der Waals surface area contributed by atoms with Gasteiger partial charge in [-0.2, -0.15) is 0 Å². The van der Waals surface area contributed by atoms with Crippen molar-refractivity contribution < 1.29 is 4.42 Å². The molecule has 1 aromatic heterocycles.